The highest BCUT2D eigenvalue weighted by molar-refractivity contribution is 6.32. The zero-order chi connectivity index (χ0) is 22.6. The molecular formula is C27H23ClN4O. The van der Waals surface area contributed by atoms with Crippen LogP contribution in [-0.4, -0.2) is 22.6 Å². The number of para-hydroxylation sites is 2. The predicted octanol–water partition coefficient (Wildman–Crippen LogP) is 6.17. The Morgan fingerprint density at radius 3 is 2.42 bits per heavy atom. The van der Waals surface area contributed by atoms with Crippen LogP contribution in [0.3, 0.4) is 0 Å². The van der Waals surface area contributed by atoms with Gasteiger partial charge in [-0.2, -0.15) is 0 Å². The molecule has 1 saturated heterocycles. The Bertz CT molecular complexity index is 1300. The molecule has 1 aliphatic carbocycles. The molecule has 1 saturated carbocycles. The number of anilines is 2. The van der Waals surface area contributed by atoms with Gasteiger partial charge in [0, 0.05) is 17.1 Å². The summed E-state index contributed by atoms with van der Waals surface area (Å²) < 4.78 is 5.81. The second-order valence-corrected chi connectivity index (χ2v) is 8.50. The van der Waals surface area contributed by atoms with Crippen molar-refractivity contribution in [2.24, 2.45) is 5.92 Å². The van der Waals surface area contributed by atoms with Crippen LogP contribution in [-0.2, 0) is 0 Å². The van der Waals surface area contributed by atoms with Gasteiger partial charge in [0.1, 0.15) is 17.3 Å². The standard InChI is InChI=1S/C22H14ClN3O.C5H9N/c1-2-21-25-19-11-7-6-10-17(19)22(26-21)24-15-12-13-20(18(23)14-15)27-16-8-4-3-5-9-16;1-2-5-4(1)3-6-5/h1,3-14H,(H,24,25,26);4-6H,1-3H2. The number of nitrogens with zero attached hydrogens (tertiary/aromatic N) is 2. The zero-order valence-corrected chi connectivity index (χ0v) is 18.7. The molecule has 164 valence electrons. The van der Waals surface area contributed by atoms with Gasteiger partial charge < -0.3 is 15.4 Å². The lowest BCUT2D eigenvalue weighted by Crippen LogP contribution is -2.59. The Morgan fingerprint density at radius 1 is 1.00 bits per heavy atom. The number of halogens is 1. The third-order valence-corrected chi connectivity index (χ3v) is 6.25. The summed E-state index contributed by atoms with van der Waals surface area (Å²) >= 11 is 6.39. The molecule has 4 aromatic rings. The summed E-state index contributed by atoms with van der Waals surface area (Å²) in [6.07, 6.45) is 8.43. The molecule has 2 unspecified atom stereocenters. The van der Waals surface area contributed by atoms with Gasteiger partial charge in [-0.3, -0.25) is 0 Å². The molecule has 2 aliphatic rings. The van der Waals surface area contributed by atoms with Crippen molar-refractivity contribution in [1.82, 2.24) is 15.3 Å². The molecule has 6 rings (SSSR count). The van der Waals surface area contributed by atoms with E-state index in [0.29, 0.717) is 22.4 Å². The average Bonchev–Trinajstić information content (AvgIpc) is 2.84. The molecule has 1 aliphatic heterocycles. The number of rotatable bonds is 4. The molecule has 0 amide bonds. The van der Waals surface area contributed by atoms with Crippen molar-refractivity contribution in [2.45, 2.75) is 18.9 Å². The lowest BCUT2D eigenvalue weighted by atomic mass is 9.74. The van der Waals surface area contributed by atoms with E-state index in [4.69, 9.17) is 22.8 Å². The minimum atomic E-state index is 0.325. The van der Waals surface area contributed by atoms with E-state index in [9.17, 15) is 0 Å². The maximum atomic E-state index is 6.39. The van der Waals surface area contributed by atoms with E-state index in [1.165, 1.54) is 19.4 Å². The first-order chi connectivity index (χ1) is 16.2. The Hall–Kier alpha value is -3.59. The Kier molecular flexibility index (Phi) is 6.12. The molecule has 2 N–H and O–H groups in total. The molecule has 0 radical (unpaired) electrons. The van der Waals surface area contributed by atoms with Gasteiger partial charge in [-0.1, -0.05) is 41.9 Å². The van der Waals surface area contributed by atoms with Gasteiger partial charge in [0.05, 0.1) is 10.5 Å². The summed E-state index contributed by atoms with van der Waals surface area (Å²) in [5, 5.41) is 7.97. The van der Waals surface area contributed by atoms with Crippen molar-refractivity contribution < 1.29 is 4.74 Å². The van der Waals surface area contributed by atoms with E-state index in [0.717, 1.165) is 34.3 Å². The van der Waals surface area contributed by atoms with E-state index < -0.39 is 0 Å². The number of piperidine rings is 1. The molecule has 0 bridgehead atoms. The number of hydrogen-bond acceptors (Lipinski definition) is 5. The lowest BCUT2D eigenvalue weighted by Gasteiger charge is -2.47. The van der Waals surface area contributed by atoms with Crippen molar-refractivity contribution in [2.75, 3.05) is 11.9 Å². The summed E-state index contributed by atoms with van der Waals surface area (Å²) in [6.45, 7) is 1.31. The van der Waals surface area contributed by atoms with Crippen molar-refractivity contribution in [3.8, 4) is 23.8 Å². The second kappa shape index (κ2) is 9.50. The van der Waals surface area contributed by atoms with Crippen LogP contribution in [0.25, 0.3) is 10.9 Å². The van der Waals surface area contributed by atoms with Gasteiger partial charge in [-0.05, 0) is 73.7 Å². The first-order valence-electron chi connectivity index (χ1n) is 11.0. The van der Waals surface area contributed by atoms with Gasteiger partial charge in [0.15, 0.2) is 0 Å². The number of nitrogens with one attached hydrogen (secondary N) is 2. The van der Waals surface area contributed by atoms with Gasteiger partial charge in [-0.15, -0.1) is 6.42 Å². The molecule has 6 heteroatoms. The fourth-order valence-electron chi connectivity index (χ4n) is 3.87. The molecule has 2 fully saturated rings. The highest BCUT2D eigenvalue weighted by Crippen LogP contribution is 2.34. The summed E-state index contributed by atoms with van der Waals surface area (Å²) in [5.41, 5.74) is 1.55. The maximum absolute atomic E-state index is 6.39. The van der Waals surface area contributed by atoms with E-state index in [2.05, 4.69) is 26.5 Å². The van der Waals surface area contributed by atoms with Gasteiger partial charge in [0.2, 0.25) is 5.82 Å². The van der Waals surface area contributed by atoms with Crippen LogP contribution in [0.5, 0.6) is 11.5 Å². The minimum absolute atomic E-state index is 0.325. The molecular weight excluding hydrogens is 432 g/mol. The Balaban J connectivity index is 0.000000324. The second-order valence-electron chi connectivity index (χ2n) is 8.09. The van der Waals surface area contributed by atoms with E-state index >= 15 is 0 Å². The number of fused-ring (bicyclic) bond motifs is 2. The quantitative estimate of drug-likeness (QED) is 0.361. The fourth-order valence-corrected chi connectivity index (χ4v) is 4.09. The average molecular weight is 455 g/mol. The van der Waals surface area contributed by atoms with E-state index in [1.54, 1.807) is 6.07 Å². The summed E-state index contributed by atoms with van der Waals surface area (Å²) in [4.78, 5) is 8.74. The summed E-state index contributed by atoms with van der Waals surface area (Å²) in [6, 6.07) is 23.6. The number of hydrogen-bond donors (Lipinski definition) is 2. The van der Waals surface area contributed by atoms with Gasteiger partial charge in [0.25, 0.3) is 0 Å². The molecule has 2 heterocycles. The molecule has 33 heavy (non-hydrogen) atoms. The van der Waals surface area contributed by atoms with Crippen molar-refractivity contribution in [3.05, 3.63) is 83.6 Å². The first-order valence-corrected chi connectivity index (χ1v) is 11.3. The third kappa shape index (κ3) is 4.78. The highest BCUT2D eigenvalue weighted by Gasteiger charge is 2.37. The number of aromatic nitrogens is 2. The largest absolute Gasteiger partial charge is 0.456 e. The van der Waals surface area contributed by atoms with Crippen LogP contribution in [0.15, 0.2) is 72.8 Å². The van der Waals surface area contributed by atoms with Gasteiger partial charge >= 0.3 is 0 Å². The molecule has 2 atom stereocenters. The van der Waals surface area contributed by atoms with E-state index in [-0.39, 0.29) is 0 Å². The monoisotopic (exact) mass is 454 g/mol. The smallest absolute Gasteiger partial charge is 0.207 e. The molecule has 0 spiro atoms. The zero-order valence-electron chi connectivity index (χ0n) is 18.0. The van der Waals surface area contributed by atoms with Crippen LogP contribution in [0.1, 0.15) is 18.7 Å². The molecule has 3 aromatic carbocycles. The number of ether oxygens (including phenoxy) is 1. The maximum Gasteiger partial charge on any atom is 0.207 e. The number of benzene rings is 3. The first kappa shape index (κ1) is 21.3. The summed E-state index contributed by atoms with van der Waals surface area (Å²) in [7, 11) is 0. The van der Waals surface area contributed by atoms with Crippen LogP contribution in [0.2, 0.25) is 5.02 Å². The molecule has 1 aromatic heterocycles. The summed E-state index contributed by atoms with van der Waals surface area (Å²) in [5.74, 6) is 5.84. The fraction of sp³-hybridized carbons (Fsp3) is 0.185. The third-order valence-electron chi connectivity index (χ3n) is 5.96. The Labute approximate surface area is 198 Å². The van der Waals surface area contributed by atoms with Gasteiger partial charge in [-0.25, -0.2) is 9.97 Å². The normalized spacial score (nSPS) is 17.9. The van der Waals surface area contributed by atoms with Crippen molar-refractivity contribution in [3.63, 3.8) is 0 Å². The highest BCUT2D eigenvalue weighted by atomic mass is 35.5. The van der Waals surface area contributed by atoms with Crippen LogP contribution in [0, 0.1) is 18.3 Å². The van der Waals surface area contributed by atoms with Crippen molar-refractivity contribution >= 4 is 34.0 Å². The SMILES string of the molecule is C#Cc1nc(Nc2ccc(Oc3ccccc3)c(Cl)c2)c2ccccc2n1.C1CC2NCC12. The van der Waals surface area contributed by atoms with Crippen LogP contribution >= 0.6 is 11.6 Å². The van der Waals surface area contributed by atoms with E-state index in [1.807, 2.05) is 66.7 Å². The van der Waals surface area contributed by atoms with Crippen molar-refractivity contribution in [1.29, 1.82) is 0 Å². The predicted molar refractivity (Wildman–Crippen MR) is 133 cm³/mol. The number of terminal acetylenes is 1. The lowest BCUT2D eigenvalue weighted by molar-refractivity contribution is 0.111. The van der Waals surface area contributed by atoms with Crippen LogP contribution in [0.4, 0.5) is 11.5 Å². The van der Waals surface area contributed by atoms with Crippen LogP contribution < -0.4 is 15.4 Å². The molecule has 5 nitrogen and oxygen atoms in total. The topological polar surface area (TPSA) is 59.1 Å². The Morgan fingerprint density at radius 2 is 1.79 bits per heavy atom. The minimum Gasteiger partial charge on any atom is -0.456 e.